The Labute approximate surface area is 171 Å². The lowest BCUT2D eigenvalue weighted by Gasteiger charge is -2.57. The van der Waals surface area contributed by atoms with Gasteiger partial charge in [0, 0.05) is 43.7 Å². The molecule has 2 spiro atoms. The van der Waals surface area contributed by atoms with Crippen molar-refractivity contribution in [3.8, 4) is 5.88 Å². The quantitative estimate of drug-likeness (QED) is 0.734. The number of likely N-dealkylation sites (tertiary alicyclic amines) is 1. The molecule has 0 aromatic carbocycles. The van der Waals surface area contributed by atoms with Gasteiger partial charge in [0.25, 0.3) is 0 Å². The summed E-state index contributed by atoms with van der Waals surface area (Å²) in [5.41, 5.74) is 0.660. The molecule has 1 aromatic heterocycles. The average molecular weight is 426 g/mol. The summed E-state index contributed by atoms with van der Waals surface area (Å²) < 4.78 is 52.0. The number of sulfonamides is 1. The minimum absolute atomic E-state index is 0.0984. The lowest BCUT2D eigenvalue weighted by Crippen LogP contribution is -2.67. The van der Waals surface area contributed by atoms with Crippen molar-refractivity contribution in [2.75, 3.05) is 46.5 Å². The maximum Gasteiger partial charge on any atom is 0.246 e. The second kappa shape index (κ2) is 6.87. The third-order valence-electron chi connectivity index (χ3n) is 7.49. The molecule has 0 amide bonds. The molecular formula is C20H28FN3O4S. The number of hydrogen-bond donors (Lipinski definition) is 0. The first kappa shape index (κ1) is 19.7. The van der Waals surface area contributed by atoms with Crippen LogP contribution in [0, 0.1) is 16.6 Å². The summed E-state index contributed by atoms with van der Waals surface area (Å²) in [6.07, 6.45) is 6.09. The molecule has 0 radical (unpaired) electrons. The summed E-state index contributed by atoms with van der Waals surface area (Å²) in [5, 5.41) is 0. The maximum atomic E-state index is 14.2. The molecule has 5 rings (SSSR count). The zero-order valence-corrected chi connectivity index (χ0v) is 17.6. The Bertz CT molecular complexity index is 889. The van der Waals surface area contributed by atoms with Crippen molar-refractivity contribution < 1.29 is 22.3 Å². The lowest BCUT2D eigenvalue weighted by molar-refractivity contribution is -0.198. The highest BCUT2D eigenvalue weighted by molar-refractivity contribution is 7.89. The molecule has 29 heavy (non-hydrogen) atoms. The van der Waals surface area contributed by atoms with Gasteiger partial charge in [-0.3, -0.25) is 4.90 Å². The Balaban J connectivity index is 1.22. The van der Waals surface area contributed by atoms with E-state index in [0.29, 0.717) is 24.5 Å². The van der Waals surface area contributed by atoms with E-state index in [1.165, 1.54) is 23.9 Å². The third-order valence-corrected chi connectivity index (χ3v) is 9.41. The van der Waals surface area contributed by atoms with Crippen LogP contribution in [0.1, 0.15) is 32.1 Å². The zero-order chi connectivity index (χ0) is 20.3. The first-order valence-corrected chi connectivity index (χ1v) is 11.8. The van der Waals surface area contributed by atoms with Crippen LogP contribution in [0.4, 0.5) is 4.39 Å². The van der Waals surface area contributed by atoms with Crippen LogP contribution in [0.5, 0.6) is 5.88 Å². The van der Waals surface area contributed by atoms with Gasteiger partial charge in [0.1, 0.15) is 4.90 Å². The van der Waals surface area contributed by atoms with E-state index in [0.717, 1.165) is 58.2 Å². The average Bonchev–Trinajstić information content (AvgIpc) is 3.03. The van der Waals surface area contributed by atoms with Crippen molar-refractivity contribution in [2.24, 2.45) is 10.8 Å². The van der Waals surface area contributed by atoms with Crippen LogP contribution in [0.15, 0.2) is 17.2 Å². The summed E-state index contributed by atoms with van der Waals surface area (Å²) in [7, 11) is -2.51. The number of nitrogens with zero attached hydrogens (tertiary/aromatic N) is 3. The first-order chi connectivity index (χ1) is 13.8. The Kier molecular flexibility index (Phi) is 4.65. The van der Waals surface area contributed by atoms with Gasteiger partial charge in [0.2, 0.25) is 15.9 Å². The van der Waals surface area contributed by atoms with Crippen molar-refractivity contribution in [1.82, 2.24) is 14.2 Å². The largest absolute Gasteiger partial charge is 0.481 e. The van der Waals surface area contributed by atoms with Crippen LogP contribution in [0.2, 0.25) is 0 Å². The van der Waals surface area contributed by atoms with Gasteiger partial charge in [-0.05, 0) is 37.5 Å². The standard InChI is InChI=1S/C20H28FN3O4S/c1-27-18-8-17(16(21)10-22-18)29(25,26)24-6-4-19(5-7-24)3-2-15(9-19)23-11-20(12-23)13-28-14-20/h8,10,15H,2-7,9,11-14H2,1H3. The number of aromatic nitrogens is 1. The molecule has 4 heterocycles. The van der Waals surface area contributed by atoms with E-state index in [1.54, 1.807) is 0 Å². The molecule has 1 saturated carbocycles. The maximum absolute atomic E-state index is 14.2. The Morgan fingerprint density at radius 3 is 2.55 bits per heavy atom. The van der Waals surface area contributed by atoms with Gasteiger partial charge >= 0.3 is 0 Å². The molecule has 0 N–H and O–H groups in total. The summed E-state index contributed by atoms with van der Waals surface area (Å²) >= 11 is 0. The minimum Gasteiger partial charge on any atom is -0.481 e. The molecule has 4 fully saturated rings. The molecule has 1 atom stereocenters. The highest BCUT2D eigenvalue weighted by Gasteiger charge is 2.53. The number of ether oxygens (including phenoxy) is 2. The fourth-order valence-electron chi connectivity index (χ4n) is 5.64. The summed E-state index contributed by atoms with van der Waals surface area (Å²) in [5.74, 6) is -0.736. The molecule has 4 aliphatic rings. The number of halogens is 1. The van der Waals surface area contributed by atoms with Gasteiger partial charge in [-0.25, -0.2) is 17.8 Å². The Morgan fingerprint density at radius 1 is 1.21 bits per heavy atom. The van der Waals surface area contributed by atoms with E-state index in [9.17, 15) is 12.8 Å². The van der Waals surface area contributed by atoms with E-state index >= 15 is 0 Å². The smallest absolute Gasteiger partial charge is 0.246 e. The van der Waals surface area contributed by atoms with Crippen LogP contribution >= 0.6 is 0 Å². The normalized spacial score (nSPS) is 29.0. The highest BCUT2D eigenvalue weighted by atomic mass is 32.2. The SMILES string of the molecule is COc1cc(S(=O)(=O)N2CCC3(CCC(N4CC5(COC5)C4)C3)CC2)c(F)cn1. The fraction of sp³-hybridized carbons (Fsp3) is 0.750. The van der Waals surface area contributed by atoms with Crippen LogP contribution in [-0.4, -0.2) is 75.2 Å². The van der Waals surface area contributed by atoms with Crippen molar-refractivity contribution in [2.45, 2.75) is 43.0 Å². The van der Waals surface area contributed by atoms with Gasteiger partial charge in [-0.2, -0.15) is 4.31 Å². The number of pyridine rings is 1. The predicted octanol–water partition coefficient (Wildman–Crippen LogP) is 1.88. The number of methoxy groups -OCH3 is 1. The van der Waals surface area contributed by atoms with Crippen LogP contribution in [-0.2, 0) is 14.8 Å². The van der Waals surface area contributed by atoms with Gasteiger partial charge in [0.15, 0.2) is 5.82 Å². The minimum atomic E-state index is -3.89. The monoisotopic (exact) mass is 425 g/mol. The van der Waals surface area contributed by atoms with Crippen LogP contribution in [0.3, 0.4) is 0 Å². The molecular weight excluding hydrogens is 397 g/mol. The first-order valence-electron chi connectivity index (χ1n) is 10.4. The topological polar surface area (TPSA) is 72.0 Å². The second-order valence-electron chi connectivity index (χ2n) is 9.36. The number of hydrogen-bond acceptors (Lipinski definition) is 6. The van der Waals surface area contributed by atoms with E-state index in [4.69, 9.17) is 9.47 Å². The Morgan fingerprint density at radius 2 is 1.93 bits per heavy atom. The van der Waals surface area contributed by atoms with Gasteiger partial charge in [-0.1, -0.05) is 0 Å². The summed E-state index contributed by atoms with van der Waals surface area (Å²) in [6.45, 7) is 5.00. The lowest BCUT2D eigenvalue weighted by atomic mass is 9.75. The molecule has 9 heteroatoms. The molecule has 1 unspecified atom stereocenters. The van der Waals surface area contributed by atoms with E-state index in [1.807, 2.05) is 0 Å². The predicted molar refractivity (Wildman–Crippen MR) is 104 cm³/mol. The highest BCUT2D eigenvalue weighted by Crippen LogP contribution is 2.51. The van der Waals surface area contributed by atoms with Crippen LogP contribution < -0.4 is 4.74 Å². The third kappa shape index (κ3) is 3.26. The second-order valence-corrected chi connectivity index (χ2v) is 11.3. The van der Waals surface area contributed by atoms with Crippen molar-refractivity contribution >= 4 is 10.0 Å². The van der Waals surface area contributed by atoms with E-state index < -0.39 is 15.8 Å². The van der Waals surface area contributed by atoms with E-state index in [2.05, 4.69) is 9.88 Å². The molecule has 1 aliphatic carbocycles. The van der Waals surface area contributed by atoms with Crippen LogP contribution in [0.25, 0.3) is 0 Å². The van der Waals surface area contributed by atoms with Crippen molar-refractivity contribution in [3.63, 3.8) is 0 Å². The molecule has 0 bridgehead atoms. The molecule has 3 saturated heterocycles. The van der Waals surface area contributed by atoms with Crippen molar-refractivity contribution in [3.05, 3.63) is 18.1 Å². The number of piperidine rings is 1. The van der Waals surface area contributed by atoms with Gasteiger partial charge in [-0.15, -0.1) is 0 Å². The molecule has 7 nitrogen and oxygen atoms in total. The van der Waals surface area contributed by atoms with Gasteiger partial charge < -0.3 is 9.47 Å². The summed E-state index contributed by atoms with van der Waals surface area (Å²) in [4.78, 5) is 5.99. The van der Waals surface area contributed by atoms with E-state index in [-0.39, 0.29) is 16.2 Å². The molecule has 1 aromatic rings. The molecule has 160 valence electrons. The summed E-state index contributed by atoms with van der Waals surface area (Å²) in [6, 6.07) is 1.79. The Hall–Kier alpha value is -1.29. The number of rotatable bonds is 4. The molecule has 3 aliphatic heterocycles. The zero-order valence-electron chi connectivity index (χ0n) is 16.8. The fourth-order valence-corrected chi connectivity index (χ4v) is 7.13. The van der Waals surface area contributed by atoms with Gasteiger partial charge in [0.05, 0.1) is 26.5 Å². The van der Waals surface area contributed by atoms with Crippen molar-refractivity contribution in [1.29, 1.82) is 0 Å².